The molecule has 3 rings (SSSR count). The van der Waals surface area contributed by atoms with Gasteiger partial charge in [-0.1, -0.05) is 32.0 Å². The summed E-state index contributed by atoms with van der Waals surface area (Å²) in [6.45, 7) is 8.90. The smallest absolute Gasteiger partial charge is 0.238 e. The molecule has 0 unspecified atom stereocenters. The van der Waals surface area contributed by atoms with Gasteiger partial charge in [-0.2, -0.15) is 0 Å². The summed E-state index contributed by atoms with van der Waals surface area (Å²) in [4.78, 5) is 29.4. The average Bonchev–Trinajstić information content (AvgIpc) is 2.74. The lowest BCUT2D eigenvalue weighted by molar-refractivity contribution is -0.141. The summed E-state index contributed by atoms with van der Waals surface area (Å²) in [5.41, 5.74) is 3.35. The molecule has 1 N–H and O–H groups in total. The van der Waals surface area contributed by atoms with Crippen molar-refractivity contribution in [1.29, 1.82) is 0 Å². The lowest BCUT2D eigenvalue weighted by atomic mass is 9.95. The third-order valence-electron chi connectivity index (χ3n) is 5.89. The summed E-state index contributed by atoms with van der Waals surface area (Å²) in [6.07, 6.45) is 3.46. The van der Waals surface area contributed by atoms with Crippen molar-refractivity contribution in [2.75, 3.05) is 51.3 Å². The Morgan fingerprint density at radius 2 is 1.64 bits per heavy atom. The minimum absolute atomic E-state index is 0.0357. The Kier molecular flexibility index (Phi) is 7.45. The number of nitrogens with one attached hydrogen (secondary N) is 1. The largest absolute Gasteiger partial charge is 0.378 e. The quantitative estimate of drug-likeness (QED) is 0.814. The van der Waals surface area contributed by atoms with Crippen LogP contribution in [0.25, 0.3) is 0 Å². The van der Waals surface area contributed by atoms with E-state index < -0.39 is 0 Å². The number of anilines is 1. The number of nitrogens with zero attached hydrogens (tertiary/aromatic N) is 2. The summed E-state index contributed by atoms with van der Waals surface area (Å²) >= 11 is 0. The number of rotatable bonds is 6. The van der Waals surface area contributed by atoms with Gasteiger partial charge in [0, 0.05) is 24.7 Å². The van der Waals surface area contributed by atoms with E-state index in [1.807, 2.05) is 4.90 Å². The molecule has 1 aromatic carbocycles. The van der Waals surface area contributed by atoms with E-state index >= 15 is 0 Å². The minimum atomic E-state index is 0.0357. The van der Waals surface area contributed by atoms with Crippen molar-refractivity contribution in [3.63, 3.8) is 0 Å². The number of aryl methyl sites for hydroxylation is 2. The molecule has 1 aromatic rings. The van der Waals surface area contributed by atoms with Crippen molar-refractivity contribution < 1.29 is 14.3 Å². The van der Waals surface area contributed by atoms with Gasteiger partial charge in [-0.3, -0.25) is 14.5 Å². The highest BCUT2D eigenvalue weighted by Gasteiger charge is 2.30. The molecule has 2 heterocycles. The zero-order chi connectivity index (χ0) is 19.9. The van der Waals surface area contributed by atoms with E-state index in [0.717, 1.165) is 44.5 Å². The van der Waals surface area contributed by atoms with Crippen LogP contribution in [0.3, 0.4) is 0 Å². The highest BCUT2D eigenvalue weighted by molar-refractivity contribution is 5.94. The Morgan fingerprint density at radius 1 is 1.04 bits per heavy atom. The molecule has 154 valence electrons. The van der Waals surface area contributed by atoms with Gasteiger partial charge < -0.3 is 15.0 Å². The first kappa shape index (κ1) is 20.8. The first-order valence-electron chi connectivity index (χ1n) is 10.6. The maximum Gasteiger partial charge on any atom is 0.238 e. The predicted molar refractivity (Wildman–Crippen MR) is 110 cm³/mol. The maximum atomic E-state index is 12.6. The minimum Gasteiger partial charge on any atom is -0.378 e. The third-order valence-corrected chi connectivity index (χ3v) is 5.89. The lowest BCUT2D eigenvalue weighted by Crippen LogP contribution is -2.47. The first-order chi connectivity index (χ1) is 13.6. The van der Waals surface area contributed by atoms with Crippen molar-refractivity contribution in [3.8, 4) is 0 Å². The van der Waals surface area contributed by atoms with Crippen molar-refractivity contribution in [2.45, 2.75) is 39.5 Å². The molecular weight excluding hydrogens is 354 g/mol. The summed E-state index contributed by atoms with van der Waals surface area (Å²) < 4.78 is 5.33. The fraction of sp³-hybridized carbons (Fsp3) is 0.636. The molecule has 2 fully saturated rings. The van der Waals surface area contributed by atoms with E-state index in [1.165, 1.54) is 11.1 Å². The molecule has 0 spiro atoms. The molecule has 0 bridgehead atoms. The van der Waals surface area contributed by atoms with Gasteiger partial charge in [0.05, 0.1) is 19.8 Å². The third kappa shape index (κ3) is 5.11. The molecule has 6 nitrogen and oxygen atoms in total. The molecule has 2 aliphatic rings. The Balaban J connectivity index is 1.50. The second-order valence-corrected chi connectivity index (χ2v) is 7.69. The Labute approximate surface area is 168 Å². The van der Waals surface area contributed by atoms with Crippen LogP contribution in [-0.2, 0) is 27.2 Å². The zero-order valence-electron chi connectivity index (χ0n) is 17.2. The Bertz CT molecular complexity index is 655. The Hall–Kier alpha value is -1.92. The molecule has 2 saturated heterocycles. The van der Waals surface area contributed by atoms with Gasteiger partial charge in [-0.05, 0) is 49.9 Å². The zero-order valence-corrected chi connectivity index (χ0v) is 17.2. The topological polar surface area (TPSA) is 61.9 Å². The first-order valence-corrected chi connectivity index (χ1v) is 10.6. The summed E-state index contributed by atoms with van der Waals surface area (Å²) in [7, 11) is 0. The van der Waals surface area contributed by atoms with E-state index in [0.29, 0.717) is 32.8 Å². The molecule has 2 amide bonds. The fourth-order valence-electron chi connectivity index (χ4n) is 4.17. The molecule has 0 saturated carbocycles. The van der Waals surface area contributed by atoms with Crippen LogP contribution in [0.1, 0.15) is 37.8 Å². The summed E-state index contributed by atoms with van der Waals surface area (Å²) in [6, 6.07) is 6.22. The molecule has 0 aliphatic carbocycles. The SMILES string of the molecule is CCc1cccc(CC)c1NC(=O)CN1CCC(C(=O)N2CCOCC2)CC1. The van der Waals surface area contributed by atoms with Crippen LogP contribution in [0.5, 0.6) is 0 Å². The van der Waals surface area contributed by atoms with Crippen LogP contribution in [0.4, 0.5) is 5.69 Å². The van der Waals surface area contributed by atoms with Gasteiger partial charge in [-0.15, -0.1) is 0 Å². The number of carbonyl (C=O) groups is 2. The number of hydrogen-bond acceptors (Lipinski definition) is 4. The van der Waals surface area contributed by atoms with Crippen molar-refractivity contribution >= 4 is 17.5 Å². The number of hydrogen-bond donors (Lipinski definition) is 1. The van der Waals surface area contributed by atoms with Gasteiger partial charge in [0.2, 0.25) is 11.8 Å². The maximum absolute atomic E-state index is 12.6. The number of para-hydroxylation sites is 1. The number of carbonyl (C=O) groups excluding carboxylic acids is 2. The normalized spacial score (nSPS) is 18.9. The van der Waals surface area contributed by atoms with E-state index in [4.69, 9.17) is 4.74 Å². The van der Waals surface area contributed by atoms with Gasteiger partial charge in [0.25, 0.3) is 0 Å². The number of ether oxygens (including phenoxy) is 1. The number of likely N-dealkylation sites (tertiary alicyclic amines) is 1. The standard InChI is InChI=1S/C22H33N3O3/c1-3-17-6-5-7-18(4-2)21(17)23-20(26)16-24-10-8-19(9-11-24)22(27)25-12-14-28-15-13-25/h5-7,19H,3-4,8-16H2,1-2H3,(H,23,26). The van der Waals surface area contributed by atoms with E-state index in [1.54, 1.807) is 0 Å². The highest BCUT2D eigenvalue weighted by atomic mass is 16.5. The van der Waals surface area contributed by atoms with E-state index in [-0.39, 0.29) is 17.7 Å². The van der Waals surface area contributed by atoms with Crippen molar-refractivity contribution in [3.05, 3.63) is 29.3 Å². The van der Waals surface area contributed by atoms with Gasteiger partial charge in [-0.25, -0.2) is 0 Å². The van der Waals surface area contributed by atoms with Crippen LogP contribution in [0.2, 0.25) is 0 Å². The fourth-order valence-corrected chi connectivity index (χ4v) is 4.17. The number of benzene rings is 1. The van der Waals surface area contributed by atoms with Gasteiger partial charge in [0.1, 0.15) is 0 Å². The molecule has 0 radical (unpaired) electrons. The lowest BCUT2D eigenvalue weighted by Gasteiger charge is -2.35. The van der Waals surface area contributed by atoms with Crippen LogP contribution in [0.15, 0.2) is 18.2 Å². The van der Waals surface area contributed by atoms with E-state index in [9.17, 15) is 9.59 Å². The summed E-state index contributed by atoms with van der Waals surface area (Å²) in [5.74, 6) is 0.385. The molecule has 28 heavy (non-hydrogen) atoms. The second-order valence-electron chi connectivity index (χ2n) is 7.69. The molecule has 0 atom stereocenters. The number of amides is 2. The molecule has 0 aromatic heterocycles. The van der Waals surface area contributed by atoms with Crippen LogP contribution in [-0.4, -0.2) is 67.6 Å². The number of piperidine rings is 1. The second kappa shape index (κ2) is 10.0. The van der Waals surface area contributed by atoms with Gasteiger partial charge >= 0.3 is 0 Å². The van der Waals surface area contributed by atoms with Crippen LogP contribution < -0.4 is 5.32 Å². The van der Waals surface area contributed by atoms with Crippen LogP contribution in [0, 0.1) is 5.92 Å². The highest BCUT2D eigenvalue weighted by Crippen LogP contribution is 2.23. The number of morpholine rings is 1. The summed E-state index contributed by atoms with van der Waals surface area (Å²) in [5, 5.41) is 3.14. The van der Waals surface area contributed by atoms with Crippen molar-refractivity contribution in [1.82, 2.24) is 9.80 Å². The molecular formula is C22H33N3O3. The van der Waals surface area contributed by atoms with E-state index in [2.05, 4.69) is 42.3 Å². The van der Waals surface area contributed by atoms with Crippen LogP contribution >= 0.6 is 0 Å². The average molecular weight is 388 g/mol. The molecule has 6 heteroatoms. The van der Waals surface area contributed by atoms with Crippen molar-refractivity contribution in [2.24, 2.45) is 5.92 Å². The molecule has 2 aliphatic heterocycles. The Morgan fingerprint density at radius 3 is 2.21 bits per heavy atom. The van der Waals surface area contributed by atoms with Gasteiger partial charge in [0.15, 0.2) is 0 Å². The predicted octanol–water partition coefficient (Wildman–Crippen LogP) is 2.32. The monoisotopic (exact) mass is 387 g/mol.